The highest BCUT2D eigenvalue weighted by atomic mass is 32.2. The number of aryl methyl sites for hydroxylation is 1. The van der Waals surface area contributed by atoms with Crippen LogP contribution in [0.5, 0.6) is 0 Å². The molecule has 166 valence electrons. The molecule has 7 heteroatoms. The monoisotopic (exact) mass is 441 g/mol. The molecule has 2 aromatic carbocycles. The number of benzene rings is 2. The maximum Gasteiger partial charge on any atom is 0.253 e. The lowest BCUT2D eigenvalue weighted by molar-refractivity contribution is 0.0942. The average Bonchev–Trinajstić information content (AvgIpc) is 3.33. The van der Waals surface area contributed by atoms with Crippen LogP contribution in [0.4, 0.5) is 5.69 Å². The lowest BCUT2D eigenvalue weighted by atomic mass is 9.98. The summed E-state index contributed by atoms with van der Waals surface area (Å²) in [5.41, 5.74) is 2.84. The number of anilines is 1. The number of carbonyl (C=O) groups is 1. The maximum atomic E-state index is 13.0. The van der Waals surface area contributed by atoms with Crippen LogP contribution >= 0.6 is 0 Å². The van der Waals surface area contributed by atoms with Gasteiger partial charge in [0.15, 0.2) is 0 Å². The standard InChI is InChI=1S/C24H31N3O3S/c1-19-9-10-23(26-13-5-6-14-26)22(17-19)24(28)25-18-20-11-15-27(16-12-20)31(29,30)21-7-3-2-4-8-21/h2-4,7-10,17,20H,5-6,11-16,18H2,1H3,(H,25,28). The predicted molar refractivity (Wildman–Crippen MR) is 123 cm³/mol. The summed E-state index contributed by atoms with van der Waals surface area (Å²) >= 11 is 0. The Bertz CT molecular complexity index is 1010. The molecular weight excluding hydrogens is 410 g/mol. The van der Waals surface area contributed by atoms with Gasteiger partial charge in [-0.15, -0.1) is 0 Å². The Kier molecular flexibility index (Phi) is 6.62. The molecule has 0 spiro atoms. The number of hydrogen-bond donors (Lipinski definition) is 1. The van der Waals surface area contributed by atoms with Gasteiger partial charge < -0.3 is 10.2 Å². The number of sulfonamides is 1. The fraction of sp³-hybridized carbons (Fsp3) is 0.458. The number of nitrogens with zero attached hydrogens (tertiary/aromatic N) is 2. The number of hydrogen-bond acceptors (Lipinski definition) is 4. The first kappa shape index (κ1) is 21.8. The Morgan fingerprint density at radius 2 is 1.68 bits per heavy atom. The van der Waals surface area contributed by atoms with E-state index >= 15 is 0 Å². The molecule has 0 aliphatic carbocycles. The van der Waals surface area contributed by atoms with Crippen molar-refractivity contribution >= 4 is 21.6 Å². The van der Waals surface area contributed by atoms with Crippen LogP contribution in [-0.4, -0.2) is 51.4 Å². The second kappa shape index (κ2) is 9.40. The third kappa shape index (κ3) is 4.93. The number of carbonyl (C=O) groups excluding carboxylic acids is 1. The van der Waals surface area contributed by atoms with Crippen LogP contribution in [0.2, 0.25) is 0 Å². The lowest BCUT2D eigenvalue weighted by Gasteiger charge is -2.31. The minimum atomic E-state index is -3.44. The van der Waals surface area contributed by atoms with Crippen molar-refractivity contribution in [3.8, 4) is 0 Å². The van der Waals surface area contributed by atoms with Crippen molar-refractivity contribution in [2.45, 2.75) is 37.5 Å². The van der Waals surface area contributed by atoms with E-state index in [1.807, 2.05) is 19.1 Å². The molecule has 2 heterocycles. The molecule has 0 bridgehead atoms. The summed E-state index contributed by atoms with van der Waals surface area (Å²) in [7, 11) is -3.44. The fourth-order valence-corrected chi connectivity index (χ4v) is 5.98. The predicted octanol–water partition coefficient (Wildman–Crippen LogP) is 3.43. The molecule has 0 aromatic heterocycles. The fourth-order valence-electron chi connectivity index (χ4n) is 4.49. The Labute approximate surface area is 185 Å². The number of nitrogens with one attached hydrogen (secondary N) is 1. The van der Waals surface area contributed by atoms with Gasteiger partial charge in [-0.3, -0.25) is 4.79 Å². The van der Waals surface area contributed by atoms with E-state index in [4.69, 9.17) is 0 Å². The molecule has 0 atom stereocenters. The summed E-state index contributed by atoms with van der Waals surface area (Å²) in [5.74, 6) is 0.246. The van der Waals surface area contributed by atoms with Gasteiger partial charge in [0.25, 0.3) is 5.91 Å². The van der Waals surface area contributed by atoms with Gasteiger partial charge in [0.2, 0.25) is 10.0 Å². The second-order valence-electron chi connectivity index (χ2n) is 8.59. The summed E-state index contributed by atoms with van der Waals surface area (Å²) in [6.07, 6.45) is 3.83. The highest BCUT2D eigenvalue weighted by Gasteiger charge is 2.29. The van der Waals surface area contributed by atoms with E-state index in [1.165, 1.54) is 12.8 Å². The molecule has 6 nitrogen and oxygen atoms in total. The highest BCUT2D eigenvalue weighted by Crippen LogP contribution is 2.27. The average molecular weight is 442 g/mol. The zero-order chi connectivity index (χ0) is 21.8. The maximum absolute atomic E-state index is 13.0. The molecule has 0 radical (unpaired) electrons. The first-order chi connectivity index (χ1) is 14.9. The summed E-state index contributed by atoms with van der Waals surface area (Å²) in [5, 5.41) is 3.11. The van der Waals surface area contributed by atoms with E-state index in [0.717, 1.165) is 42.7 Å². The molecule has 2 saturated heterocycles. The minimum Gasteiger partial charge on any atom is -0.371 e. The molecule has 2 aliphatic rings. The van der Waals surface area contributed by atoms with E-state index in [2.05, 4.69) is 22.3 Å². The van der Waals surface area contributed by atoms with Crippen molar-refractivity contribution in [3.05, 3.63) is 59.7 Å². The first-order valence-electron chi connectivity index (χ1n) is 11.1. The smallest absolute Gasteiger partial charge is 0.253 e. The number of amides is 1. The summed E-state index contributed by atoms with van der Waals surface area (Å²) < 4.78 is 27.1. The minimum absolute atomic E-state index is 0.0371. The van der Waals surface area contributed by atoms with Crippen molar-refractivity contribution < 1.29 is 13.2 Å². The quantitative estimate of drug-likeness (QED) is 0.746. The topological polar surface area (TPSA) is 69.7 Å². The van der Waals surface area contributed by atoms with Gasteiger partial charge in [-0.1, -0.05) is 29.8 Å². The molecule has 0 unspecified atom stereocenters. The Morgan fingerprint density at radius 3 is 2.35 bits per heavy atom. The molecule has 31 heavy (non-hydrogen) atoms. The number of piperidine rings is 1. The Balaban J connectivity index is 1.34. The largest absolute Gasteiger partial charge is 0.371 e. The van der Waals surface area contributed by atoms with Crippen LogP contribution in [0.3, 0.4) is 0 Å². The van der Waals surface area contributed by atoms with Gasteiger partial charge in [0.05, 0.1) is 10.5 Å². The van der Waals surface area contributed by atoms with Gasteiger partial charge in [0, 0.05) is 38.4 Å². The zero-order valence-corrected chi connectivity index (χ0v) is 18.9. The van der Waals surface area contributed by atoms with E-state index in [0.29, 0.717) is 24.5 Å². The van der Waals surface area contributed by atoms with Gasteiger partial charge in [0.1, 0.15) is 0 Å². The van der Waals surface area contributed by atoms with Crippen LogP contribution in [0, 0.1) is 12.8 Å². The summed E-state index contributed by atoms with van der Waals surface area (Å²) in [6.45, 7) is 5.55. The van der Waals surface area contributed by atoms with Gasteiger partial charge in [-0.25, -0.2) is 8.42 Å². The van der Waals surface area contributed by atoms with Crippen molar-refractivity contribution in [1.82, 2.24) is 9.62 Å². The van der Waals surface area contributed by atoms with Crippen molar-refractivity contribution in [3.63, 3.8) is 0 Å². The first-order valence-corrected chi connectivity index (χ1v) is 12.6. The highest BCUT2D eigenvalue weighted by molar-refractivity contribution is 7.89. The normalized spacial score (nSPS) is 18.3. The Hall–Kier alpha value is -2.38. The molecule has 2 aromatic rings. The van der Waals surface area contributed by atoms with Crippen molar-refractivity contribution in [2.75, 3.05) is 37.6 Å². The lowest BCUT2D eigenvalue weighted by Crippen LogP contribution is -2.41. The molecular formula is C24H31N3O3S. The van der Waals surface area contributed by atoms with Gasteiger partial charge >= 0.3 is 0 Å². The zero-order valence-electron chi connectivity index (χ0n) is 18.1. The molecule has 0 saturated carbocycles. The van der Waals surface area contributed by atoms with Gasteiger partial charge in [-0.2, -0.15) is 4.31 Å². The van der Waals surface area contributed by atoms with Crippen LogP contribution in [-0.2, 0) is 10.0 Å². The second-order valence-corrected chi connectivity index (χ2v) is 10.5. The van der Waals surface area contributed by atoms with E-state index < -0.39 is 10.0 Å². The van der Waals surface area contributed by atoms with Crippen LogP contribution in [0.15, 0.2) is 53.4 Å². The van der Waals surface area contributed by atoms with E-state index in [9.17, 15) is 13.2 Å². The van der Waals surface area contributed by atoms with Crippen LogP contribution in [0.1, 0.15) is 41.6 Å². The molecule has 1 amide bonds. The Morgan fingerprint density at radius 1 is 1.00 bits per heavy atom. The summed E-state index contributed by atoms with van der Waals surface area (Å²) in [6, 6.07) is 14.7. The molecule has 2 aliphatic heterocycles. The molecule has 2 fully saturated rings. The number of rotatable bonds is 6. The van der Waals surface area contributed by atoms with Crippen LogP contribution in [0.25, 0.3) is 0 Å². The third-order valence-corrected chi connectivity index (χ3v) is 8.26. The van der Waals surface area contributed by atoms with E-state index in [-0.39, 0.29) is 11.8 Å². The third-order valence-electron chi connectivity index (χ3n) is 6.35. The van der Waals surface area contributed by atoms with E-state index in [1.54, 1.807) is 28.6 Å². The molecule has 4 rings (SSSR count). The summed E-state index contributed by atoms with van der Waals surface area (Å²) in [4.78, 5) is 15.6. The van der Waals surface area contributed by atoms with Crippen molar-refractivity contribution in [2.24, 2.45) is 5.92 Å². The van der Waals surface area contributed by atoms with Crippen molar-refractivity contribution in [1.29, 1.82) is 0 Å². The molecule has 1 N–H and O–H groups in total. The van der Waals surface area contributed by atoms with Crippen LogP contribution < -0.4 is 10.2 Å². The van der Waals surface area contributed by atoms with Gasteiger partial charge in [-0.05, 0) is 62.8 Å². The SMILES string of the molecule is Cc1ccc(N2CCCC2)c(C(=O)NCC2CCN(S(=O)(=O)c3ccccc3)CC2)c1.